The molecular formula is C13H17BrN4O2S. The second kappa shape index (κ2) is 7.17. The highest BCUT2D eigenvalue weighted by Crippen LogP contribution is 2.23. The molecule has 0 aliphatic carbocycles. The number of benzene rings is 1. The van der Waals surface area contributed by atoms with E-state index in [2.05, 4.69) is 35.9 Å². The minimum Gasteiger partial charge on any atom is -0.348 e. The minimum atomic E-state index is -3.54. The van der Waals surface area contributed by atoms with Crippen molar-refractivity contribution in [1.82, 2.24) is 20.0 Å². The van der Waals surface area contributed by atoms with Gasteiger partial charge in [0.2, 0.25) is 10.0 Å². The molecule has 0 unspecified atom stereocenters. The molecule has 21 heavy (non-hydrogen) atoms. The summed E-state index contributed by atoms with van der Waals surface area (Å²) in [6, 6.07) is 5.29. The largest absolute Gasteiger partial charge is 0.348 e. The highest BCUT2D eigenvalue weighted by molar-refractivity contribution is 9.10. The van der Waals surface area contributed by atoms with E-state index in [4.69, 9.17) is 0 Å². The van der Waals surface area contributed by atoms with Crippen molar-refractivity contribution >= 4 is 26.0 Å². The third-order valence-electron chi connectivity index (χ3n) is 2.91. The summed E-state index contributed by atoms with van der Waals surface area (Å²) in [6.07, 6.45) is 3.81. The topological polar surface area (TPSA) is 86.9 Å². The van der Waals surface area contributed by atoms with Gasteiger partial charge in [0.1, 0.15) is 0 Å². The monoisotopic (exact) mass is 372 g/mol. The van der Waals surface area contributed by atoms with Crippen molar-refractivity contribution in [3.8, 4) is 0 Å². The van der Waals surface area contributed by atoms with Crippen LogP contribution in [0.25, 0.3) is 0 Å². The Balaban J connectivity index is 2.09. The molecule has 3 N–H and O–H groups in total. The second-order valence-electron chi connectivity index (χ2n) is 4.52. The Labute approximate surface area is 132 Å². The van der Waals surface area contributed by atoms with Crippen molar-refractivity contribution in [3.05, 3.63) is 46.5 Å². The first-order chi connectivity index (χ1) is 10.0. The van der Waals surface area contributed by atoms with Gasteiger partial charge in [-0.2, -0.15) is 0 Å². The van der Waals surface area contributed by atoms with Gasteiger partial charge in [-0.25, -0.2) is 18.1 Å². The van der Waals surface area contributed by atoms with Crippen molar-refractivity contribution in [2.75, 3.05) is 13.6 Å². The summed E-state index contributed by atoms with van der Waals surface area (Å²) in [6.45, 7) is 0.928. The van der Waals surface area contributed by atoms with Crippen LogP contribution >= 0.6 is 15.9 Å². The molecule has 2 rings (SSSR count). The molecule has 0 saturated heterocycles. The average molecular weight is 373 g/mol. The standard InChI is InChI=1S/C13H17BrN4O2S/c1-15-7-10-2-3-12(14)13(6-10)21(19,20)18-5-4-11-8-16-9-17-11/h2-3,6,8-9,15,18H,4-5,7H2,1H3,(H,16,17). The Hall–Kier alpha value is -1.22. The lowest BCUT2D eigenvalue weighted by Crippen LogP contribution is -2.26. The van der Waals surface area contributed by atoms with E-state index >= 15 is 0 Å². The number of hydrogen-bond acceptors (Lipinski definition) is 4. The van der Waals surface area contributed by atoms with Crippen LogP contribution in [0.2, 0.25) is 0 Å². The first-order valence-corrected chi connectivity index (χ1v) is 8.70. The zero-order valence-corrected chi connectivity index (χ0v) is 14.0. The number of rotatable bonds is 7. The lowest BCUT2D eigenvalue weighted by Gasteiger charge is -2.10. The van der Waals surface area contributed by atoms with E-state index in [0.29, 0.717) is 24.0 Å². The molecule has 0 fully saturated rings. The first-order valence-electron chi connectivity index (χ1n) is 6.43. The zero-order valence-electron chi connectivity index (χ0n) is 11.6. The van der Waals surface area contributed by atoms with Crippen LogP contribution in [0.5, 0.6) is 0 Å². The summed E-state index contributed by atoms with van der Waals surface area (Å²) in [7, 11) is -1.73. The SMILES string of the molecule is CNCc1ccc(Br)c(S(=O)(=O)NCCc2cnc[nH]2)c1. The second-order valence-corrected chi connectivity index (χ2v) is 7.11. The van der Waals surface area contributed by atoms with Crippen LogP contribution in [0.4, 0.5) is 0 Å². The lowest BCUT2D eigenvalue weighted by atomic mass is 10.2. The van der Waals surface area contributed by atoms with Gasteiger partial charge in [-0.05, 0) is 40.7 Å². The fraction of sp³-hybridized carbons (Fsp3) is 0.308. The molecule has 1 heterocycles. The van der Waals surface area contributed by atoms with E-state index in [0.717, 1.165) is 11.3 Å². The third-order valence-corrected chi connectivity index (χ3v) is 5.36. The van der Waals surface area contributed by atoms with Crippen LogP contribution in [-0.2, 0) is 23.0 Å². The quantitative estimate of drug-likeness (QED) is 0.685. The van der Waals surface area contributed by atoms with E-state index in [9.17, 15) is 8.42 Å². The van der Waals surface area contributed by atoms with E-state index in [-0.39, 0.29) is 4.90 Å². The molecule has 8 heteroatoms. The first kappa shape index (κ1) is 16.2. The maximum atomic E-state index is 12.4. The Bertz CT molecular complexity index is 686. The normalized spacial score (nSPS) is 11.7. The molecule has 1 aromatic carbocycles. The predicted octanol–water partition coefficient (Wildman–Crippen LogP) is 1.41. The molecule has 2 aromatic rings. The van der Waals surface area contributed by atoms with E-state index < -0.39 is 10.0 Å². The number of halogens is 1. The number of nitrogens with one attached hydrogen (secondary N) is 3. The zero-order chi connectivity index (χ0) is 15.3. The number of aromatic nitrogens is 2. The maximum Gasteiger partial charge on any atom is 0.241 e. The Morgan fingerprint density at radius 2 is 2.19 bits per heavy atom. The van der Waals surface area contributed by atoms with Crippen LogP contribution in [0.3, 0.4) is 0 Å². The Morgan fingerprint density at radius 3 is 2.86 bits per heavy atom. The highest BCUT2D eigenvalue weighted by atomic mass is 79.9. The molecule has 0 atom stereocenters. The number of nitrogens with zero attached hydrogens (tertiary/aromatic N) is 1. The highest BCUT2D eigenvalue weighted by Gasteiger charge is 2.17. The average Bonchev–Trinajstić information content (AvgIpc) is 2.94. The fourth-order valence-electron chi connectivity index (χ4n) is 1.89. The third kappa shape index (κ3) is 4.37. The van der Waals surface area contributed by atoms with Gasteiger partial charge < -0.3 is 10.3 Å². The maximum absolute atomic E-state index is 12.4. The number of imidazole rings is 1. The molecule has 6 nitrogen and oxygen atoms in total. The molecule has 114 valence electrons. The smallest absolute Gasteiger partial charge is 0.241 e. The lowest BCUT2D eigenvalue weighted by molar-refractivity contribution is 0.580. The summed E-state index contributed by atoms with van der Waals surface area (Å²) < 4.78 is 27.9. The number of H-pyrrole nitrogens is 1. The van der Waals surface area contributed by atoms with Crippen LogP contribution < -0.4 is 10.0 Å². The van der Waals surface area contributed by atoms with Crippen molar-refractivity contribution in [1.29, 1.82) is 0 Å². The summed E-state index contributed by atoms with van der Waals surface area (Å²) in [5.74, 6) is 0. The van der Waals surface area contributed by atoms with Gasteiger partial charge in [0.15, 0.2) is 0 Å². The summed E-state index contributed by atoms with van der Waals surface area (Å²) in [5.41, 5.74) is 1.80. The summed E-state index contributed by atoms with van der Waals surface area (Å²) in [4.78, 5) is 7.08. The van der Waals surface area contributed by atoms with Gasteiger partial charge in [-0.1, -0.05) is 6.07 Å². The molecule has 0 aliphatic rings. The predicted molar refractivity (Wildman–Crippen MR) is 84.4 cm³/mol. The van der Waals surface area contributed by atoms with E-state index in [1.807, 2.05) is 13.1 Å². The van der Waals surface area contributed by atoms with Gasteiger partial charge in [0.05, 0.1) is 11.2 Å². The number of aromatic amines is 1. The van der Waals surface area contributed by atoms with Crippen LogP contribution in [-0.4, -0.2) is 32.0 Å². The van der Waals surface area contributed by atoms with E-state index in [1.165, 1.54) is 0 Å². The number of hydrogen-bond donors (Lipinski definition) is 3. The Kier molecular flexibility index (Phi) is 5.51. The molecular weight excluding hydrogens is 356 g/mol. The van der Waals surface area contributed by atoms with Gasteiger partial charge in [0.25, 0.3) is 0 Å². The molecule has 0 radical (unpaired) electrons. The van der Waals surface area contributed by atoms with Crippen molar-refractivity contribution in [2.45, 2.75) is 17.9 Å². The molecule has 0 aliphatic heterocycles. The Morgan fingerprint density at radius 1 is 1.38 bits per heavy atom. The van der Waals surface area contributed by atoms with E-state index in [1.54, 1.807) is 24.7 Å². The molecule has 0 spiro atoms. The van der Waals surface area contributed by atoms with Crippen molar-refractivity contribution in [2.24, 2.45) is 0 Å². The molecule has 0 saturated carbocycles. The molecule has 1 aromatic heterocycles. The van der Waals surface area contributed by atoms with Crippen LogP contribution in [0.1, 0.15) is 11.3 Å². The minimum absolute atomic E-state index is 0.250. The summed E-state index contributed by atoms with van der Waals surface area (Å²) >= 11 is 3.29. The molecule has 0 bridgehead atoms. The van der Waals surface area contributed by atoms with Gasteiger partial charge in [-0.15, -0.1) is 0 Å². The summed E-state index contributed by atoms with van der Waals surface area (Å²) in [5, 5.41) is 3.00. The van der Waals surface area contributed by atoms with Gasteiger partial charge in [0, 0.05) is 35.9 Å². The molecule has 0 amide bonds. The van der Waals surface area contributed by atoms with Crippen LogP contribution in [0.15, 0.2) is 40.1 Å². The van der Waals surface area contributed by atoms with Gasteiger partial charge >= 0.3 is 0 Å². The van der Waals surface area contributed by atoms with Gasteiger partial charge in [-0.3, -0.25) is 0 Å². The number of sulfonamides is 1. The fourth-order valence-corrected chi connectivity index (χ4v) is 3.93. The van der Waals surface area contributed by atoms with Crippen molar-refractivity contribution < 1.29 is 8.42 Å². The van der Waals surface area contributed by atoms with Crippen molar-refractivity contribution in [3.63, 3.8) is 0 Å². The van der Waals surface area contributed by atoms with Crippen LogP contribution in [0, 0.1) is 0 Å².